The van der Waals surface area contributed by atoms with Gasteiger partial charge in [-0.25, -0.2) is 0 Å². The second-order valence-electron chi connectivity index (χ2n) is 6.92. The molecule has 2 aromatic rings. The van der Waals surface area contributed by atoms with E-state index in [1.807, 2.05) is 13.8 Å². The number of nitrogens with one attached hydrogen (secondary N) is 2. The number of hydrogen-bond acceptors (Lipinski definition) is 5. The summed E-state index contributed by atoms with van der Waals surface area (Å²) >= 11 is 0. The molecule has 0 heterocycles. The summed E-state index contributed by atoms with van der Waals surface area (Å²) in [6.07, 6.45) is 1.98. The number of hydrogen-bond donors (Lipinski definition) is 2. The molecule has 1 fully saturated rings. The highest BCUT2D eigenvalue weighted by Gasteiger charge is 2.25. The first-order valence-corrected chi connectivity index (χ1v) is 9.68. The summed E-state index contributed by atoms with van der Waals surface area (Å²) in [5.41, 5.74) is 1.55. The van der Waals surface area contributed by atoms with Crippen molar-refractivity contribution in [3.8, 4) is 0 Å². The number of carbonyl (C=O) groups is 2. The van der Waals surface area contributed by atoms with E-state index in [9.17, 15) is 19.7 Å². The van der Waals surface area contributed by atoms with Gasteiger partial charge in [-0.15, -0.1) is 0 Å². The fraction of sp³-hybridized carbons (Fsp3) is 0.333. The predicted molar refractivity (Wildman–Crippen MR) is 111 cm³/mol. The van der Waals surface area contributed by atoms with Crippen LogP contribution < -0.4 is 10.6 Å². The Bertz CT molecular complexity index is 919. The van der Waals surface area contributed by atoms with Gasteiger partial charge >= 0.3 is 0 Å². The van der Waals surface area contributed by atoms with Crippen molar-refractivity contribution in [1.29, 1.82) is 0 Å². The highest BCUT2D eigenvalue weighted by atomic mass is 16.6. The highest BCUT2D eigenvalue weighted by molar-refractivity contribution is 6.05. The van der Waals surface area contributed by atoms with E-state index in [1.54, 1.807) is 41.3 Å². The Morgan fingerprint density at radius 2 is 1.69 bits per heavy atom. The second-order valence-corrected chi connectivity index (χ2v) is 6.92. The van der Waals surface area contributed by atoms with Crippen molar-refractivity contribution in [2.45, 2.75) is 32.7 Å². The Balaban J connectivity index is 1.72. The Labute approximate surface area is 169 Å². The minimum atomic E-state index is -0.491. The number of benzene rings is 2. The van der Waals surface area contributed by atoms with Gasteiger partial charge in [0.15, 0.2) is 0 Å². The van der Waals surface area contributed by atoms with Crippen LogP contribution in [0.25, 0.3) is 0 Å². The van der Waals surface area contributed by atoms with E-state index in [4.69, 9.17) is 0 Å². The number of anilines is 2. The van der Waals surface area contributed by atoms with Crippen molar-refractivity contribution < 1.29 is 14.5 Å². The first-order valence-electron chi connectivity index (χ1n) is 9.68. The van der Waals surface area contributed by atoms with E-state index in [1.165, 1.54) is 6.07 Å². The van der Waals surface area contributed by atoms with E-state index in [0.29, 0.717) is 30.0 Å². The molecule has 3 rings (SSSR count). The fourth-order valence-electron chi connectivity index (χ4n) is 2.99. The summed E-state index contributed by atoms with van der Waals surface area (Å²) in [6.45, 7) is 5.08. The van der Waals surface area contributed by atoms with Gasteiger partial charge in [0, 0.05) is 42.0 Å². The second kappa shape index (κ2) is 8.72. The van der Waals surface area contributed by atoms with E-state index >= 15 is 0 Å². The standard InChI is InChI=1S/C21H24N4O4/c1-3-24(4-2)21(27)14-5-8-17(9-6-14)23-20(26)15-7-12-18(22-16-10-11-16)19(13-15)25(28)29/h5-9,12-13,16,22H,3-4,10-11H2,1-2H3,(H,23,26). The Morgan fingerprint density at radius 3 is 2.24 bits per heavy atom. The maximum Gasteiger partial charge on any atom is 0.293 e. The molecule has 0 radical (unpaired) electrons. The lowest BCUT2D eigenvalue weighted by Crippen LogP contribution is -2.30. The minimum Gasteiger partial charge on any atom is -0.377 e. The molecule has 0 aromatic heterocycles. The first kappa shape index (κ1) is 20.3. The molecule has 0 unspecified atom stereocenters. The number of amides is 2. The van der Waals surface area contributed by atoms with Crippen molar-refractivity contribution in [3.05, 3.63) is 63.7 Å². The van der Waals surface area contributed by atoms with Crippen LogP contribution in [-0.2, 0) is 0 Å². The molecule has 1 saturated carbocycles. The zero-order valence-corrected chi connectivity index (χ0v) is 16.5. The Hall–Kier alpha value is -3.42. The van der Waals surface area contributed by atoms with Crippen LogP contribution in [0.3, 0.4) is 0 Å². The number of carbonyl (C=O) groups excluding carboxylic acids is 2. The molecule has 0 spiro atoms. The lowest BCUT2D eigenvalue weighted by molar-refractivity contribution is -0.384. The van der Waals surface area contributed by atoms with E-state index in [2.05, 4.69) is 10.6 Å². The van der Waals surface area contributed by atoms with Gasteiger partial charge in [0.25, 0.3) is 17.5 Å². The third-order valence-electron chi connectivity index (χ3n) is 4.83. The van der Waals surface area contributed by atoms with Crippen molar-refractivity contribution in [2.75, 3.05) is 23.7 Å². The van der Waals surface area contributed by atoms with E-state index < -0.39 is 10.8 Å². The highest BCUT2D eigenvalue weighted by Crippen LogP contribution is 2.31. The SMILES string of the molecule is CCN(CC)C(=O)c1ccc(NC(=O)c2ccc(NC3CC3)c([N+](=O)[O-])c2)cc1. The van der Waals surface area contributed by atoms with Crippen LogP contribution in [0.15, 0.2) is 42.5 Å². The van der Waals surface area contributed by atoms with Gasteiger partial charge in [-0.3, -0.25) is 19.7 Å². The fourth-order valence-corrected chi connectivity index (χ4v) is 2.99. The molecule has 1 aliphatic rings. The average Bonchev–Trinajstić information content (AvgIpc) is 3.53. The quantitative estimate of drug-likeness (QED) is 0.520. The molecule has 0 atom stereocenters. The summed E-state index contributed by atoms with van der Waals surface area (Å²) in [5, 5.41) is 17.2. The lowest BCUT2D eigenvalue weighted by atomic mass is 10.1. The number of nitro benzene ring substituents is 1. The molecule has 1 aliphatic carbocycles. The maximum atomic E-state index is 12.5. The van der Waals surface area contributed by atoms with Gasteiger partial charge in [-0.1, -0.05) is 0 Å². The van der Waals surface area contributed by atoms with E-state index in [0.717, 1.165) is 12.8 Å². The first-order chi connectivity index (χ1) is 13.9. The Kier molecular flexibility index (Phi) is 6.11. The molecule has 2 N–H and O–H groups in total. The molecule has 0 bridgehead atoms. The van der Waals surface area contributed by atoms with Crippen molar-refractivity contribution in [1.82, 2.24) is 4.90 Å². The normalized spacial score (nSPS) is 12.9. The summed E-state index contributed by atoms with van der Waals surface area (Å²) in [4.78, 5) is 37.5. The minimum absolute atomic E-state index is 0.0674. The third-order valence-corrected chi connectivity index (χ3v) is 4.83. The lowest BCUT2D eigenvalue weighted by Gasteiger charge is -2.18. The van der Waals surface area contributed by atoms with Crippen LogP contribution in [0, 0.1) is 10.1 Å². The molecule has 0 aliphatic heterocycles. The summed E-state index contributed by atoms with van der Waals surface area (Å²) in [7, 11) is 0. The predicted octanol–water partition coefficient (Wildman–Crippen LogP) is 3.90. The van der Waals surface area contributed by atoms with Gasteiger partial charge in [-0.2, -0.15) is 0 Å². The number of nitrogens with zero attached hydrogens (tertiary/aromatic N) is 2. The van der Waals surface area contributed by atoms with Crippen LogP contribution in [-0.4, -0.2) is 40.8 Å². The molecule has 29 heavy (non-hydrogen) atoms. The molecule has 152 valence electrons. The van der Waals surface area contributed by atoms with Crippen LogP contribution in [0.4, 0.5) is 17.1 Å². The van der Waals surface area contributed by atoms with Gasteiger partial charge in [0.05, 0.1) is 4.92 Å². The van der Waals surface area contributed by atoms with Gasteiger partial charge < -0.3 is 15.5 Å². The number of nitro groups is 1. The van der Waals surface area contributed by atoms with Crippen molar-refractivity contribution in [2.24, 2.45) is 0 Å². The van der Waals surface area contributed by atoms with Crippen molar-refractivity contribution >= 4 is 28.9 Å². The molecule has 0 saturated heterocycles. The summed E-state index contributed by atoms with van der Waals surface area (Å²) < 4.78 is 0. The van der Waals surface area contributed by atoms with E-state index in [-0.39, 0.29) is 23.2 Å². The van der Waals surface area contributed by atoms with Crippen LogP contribution >= 0.6 is 0 Å². The zero-order valence-electron chi connectivity index (χ0n) is 16.5. The van der Waals surface area contributed by atoms with Crippen molar-refractivity contribution in [3.63, 3.8) is 0 Å². The molecule has 2 aromatic carbocycles. The monoisotopic (exact) mass is 396 g/mol. The topological polar surface area (TPSA) is 105 Å². The van der Waals surface area contributed by atoms with Crippen LogP contribution in [0.1, 0.15) is 47.4 Å². The largest absolute Gasteiger partial charge is 0.377 e. The van der Waals surface area contributed by atoms with Crippen LogP contribution in [0.5, 0.6) is 0 Å². The maximum absolute atomic E-state index is 12.5. The Morgan fingerprint density at radius 1 is 1.07 bits per heavy atom. The average molecular weight is 396 g/mol. The van der Waals surface area contributed by atoms with Crippen LogP contribution in [0.2, 0.25) is 0 Å². The zero-order chi connectivity index (χ0) is 21.0. The third kappa shape index (κ3) is 4.90. The molecular weight excluding hydrogens is 372 g/mol. The van der Waals surface area contributed by atoms with Gasteiger partial charge in [0.2, 0.25) is 0 Å². The summed E-state index contributed by atoms with van der Waals surface area (Å²) in [6, 6.07) is 11.3. The summed E-state index contributed by atoms with van der Waals surface area (Å²) in [5.74, 6) is -0.517. The molecule has 2 amide bonds. The van der Waals surface area contributed by atoms with Gasteiger partial charge in [-0.05, 0) is 63.1 Å². The molecule has 8 nitrogen and oxygen atoms in total. The molecule has 8 heteroatoms. The van der Waals surface area contributed by atoms with Gasteiger partial charge in [0.1, 0.15) is 5.69 Å². The smallest absolute Gasteiger partial charge is 0.293 e. The molecular formula is C21H24N4O4. The number of rotatable bonds is 8.